The van der Waals surface area contributed by atoms with Gasteiger partial charge in [-0.1, -0.05) is 37.0 Å². The molecule has 0 bridgehead atoms. The molecule has 7 heteroatoms. The molecule has 0 aliphatic heterocycles. The Morgan fingerprint density at radius 3 is 2.21 bits per heavy atom. The summed E-state index contributed by atoms with van der Waals surface area (Å²) >= 11 is 12.0. The normalized spacial score (nSPS) is 10.4. The predicted molar refractivity (Wildman–Crippen MR) is 108 cm³/mol. The van der Waals surface area contributed by atoms with Crippen molar-refractivity contribution in [1.82, 2.24) is 10.2 Å². The largest absolute Gasteiger partial charge is 0.460 e. The van der Waals surface area contributed by atoms with E-state index in [-0.39, 0.29) is 24.8 Å². The molecule has 0 aliphatic rings. The van der Waals surface area contributed by atoms with Crippen molar-refractivity contribution in [2.45, 2.75) is 20.4 Å². The molecule has 2 rings (SSSR count). The van der Waals surface area contributed by atoms with Crippen molar-refractivity contribution >= 4 is 48.0 Å². The molecule has 0 spiro atoms. The van der Waals surface area contributed by atoms with Gasteiger partial charge >= 0.3 is 0 Å². The summed E-state index contributed by atoms with van der Waals surface area (Å²) in [6, 6.07) is 9.34. The second-order valence-corrected chi connectivity index (χ2v) is 6.00. The number of nitrogens with one attached hydrogen (secondary N) is 1. The van der Waals surface area contributed by atoms with Gasteiger partial charge in [-0.25, -0.2) is 0 Å². The SMILES string of the molecule is CCN(CC)CCNCc1ccc(-c2cc(Cl)cc(Cl)c2)o1.Cl.Cl. The van der Waals surface area contributed by atoms with E-state index in [1.165, 1.54) is 0 Å². The second kappa shape index (κ2) is 12.0. The summed E-state index contributed by atoms with van der Waals surface area (Å²) in [5, 5.41) is 4.62. The highest BCUT2D eigenvalue weighted by Gasteiger charge is 2.07. The molecule has 0 radical (unpaired) electrons. The Morgan fingerprint density at radius 1 is 1.00 bits per heavy atom. The van der Waals surface area contributed by atoms with Gasteiger partial charge in [-0.2, -0.15) is 0 Å². The topological polar surface area (TPSA) is 28.4 Å². The second-order valence-electron chi connectivity index (χ2n) is 5.13. The zero-order valence-corrected chi connectivity index (χ0v) is 17.0. The molecule has 0 unspecified atom stereocenters. The quantitative estimate of drug-likeness (QED) is 0.576. The number of furan rings is 1. The Labute approximate surface area is 166 Å². The van der Waals surface area contributed by atoms with Crippen molar-refractivity contribution in [3.8, 4) is 11.3 Å². The summed E-state index contributed by atoms with van der Waals surface area (Å²) < 4.78 is 5.85. The summed E-state index contributed by atoms with van der Waals surface area (Å²) in [4.78, 5) is 2.38. The van der Waals surface area contributed by atoms with Crippen LogP contribution in [0.25, 0.3) is 11.3 Å². The maximum atomic E-state index is 6.02. The zero-order valence-electron chi connectivity index (χ0n) is 13.9. The van der Waals surface area contributed by atoms with E-state index in [1.54, 1.807) is 6.07 Å². The first kappa shape index (κ1) is 23.6. The predicted octanol–water partition coefficient (Wildman–Crippen LogP) is 5.53. The highest BCUT2D eigenvalue weighted by Crippen LogP contribution is 2.28. The Morgan fingerprint density at radius 2 is 1.62 bits per heavy atom. The molecule has 1 N–H and O–H groups in total. The third-order valence-electron chi connectivity index (χ3n) is 3.61. The molecule has 1 heterocycles. The van der Waals surface area contributed by atoms with E-state index in [0.29, 0.717) is 10.0 Å². The molecular formula is C17H24Cl4N2O. The average Bonchev–Trinajstić information content (AvgIpc) is 2.95. The molecule has 1 aromatic carbocycles. The van der Waals surface area contributed by atoms with Crippen LogP contribution in [0.5, 0.6) is 0 Å². The van der Waals surface area contributed by atoms with E-state index in [2.05, 4.69) is 24.1 Å². The molecule has 0 atom stereocenters. The smallest absolute Gasteiger partial charge is 0.134 e. The molecule has 0 saturated carbocycles. The summed E-state index contributed by atoms with van der Waals surface area (Å²) in [5.41, 5.74) is 0.895. The number of halogens is 4. The van der Waals surface area contributed by atoms with Crippen molar-refractivity contribution in [3.63, 3.8) is 0 Å². The third-order valence-corrected chi connectivity index (χ3v) is 4.04. The number of hydrogen-bond acceptors (Lipinski definition) is 3. The van der Waals surface area contributed by atoms with E-state index in [4.69, 9.17) is 27.6 Å². The molecule has 3 nitrogen and oxygen atoms in total. The van der Waals surface area contributed by atoms with Gasteiger partial charge in [0.25, 0.3) is 0 Å². The van der Waals surface area contributed by atoms with E-state index in [1.807, 2.05) is 24.3 Å². The van der Waals surface area contributed by atoms with Crippen LogP contribution in [0.4, 0.5) is 0 Å². The summed E-state index contributed by atoms with van der Waals surface area (Å²) in [7, 11) is 0. The van der Waals surface area contributed by atoms with Crippen LogP contribution >= 0.6 is 48.0 Å². The molecule has 0 aliphatic carbocycles. The first-order chi connectivity index (χ1) is 10.6. The maximum Gasteiger partial charge on any atom is 0.134 e. The molecule has 0 saturated heterocycles. The van der Waals surface area contributed by atoms with E-state index >= 15 is 0 Å². The summed E-state index contributed by atoms with van der Waals surface area (Å²) in [5.74, 6) is 1.69. The van der Waals surface area contributed by atoms with Crippen LogP contribution in [-0.2, 0) is 6.54 Å². The van der Waals surface area contributed by atoms with Crippen LogP contribution in [0, 0.1) is 0 Å². The molecule has 1 aromatic heterocycles. The van der Waals surface area contributed by atoms with Gasteiger partial charge in [0.1, 0.15) is 11.5 Å². The van der Waals surface area contributed by atoms with E-state index in [0.717, 1.165) is 49.8 Å². The molecule has 2 aromatic rings. The van der Waals surface area contributed by atoms with E-state index < -0.39 is 0 Å². The fourth-order valence-corrected chi connectivity index (χ4v) is 2.84. The fourth-order valence-electron chi connectivity index (χ4n) is 2.31. The zero-order chi connectivity index (χ0) is 15.9. The van der Waals surface area contributed by atoms with Gasteiger partial charge in [0.05, 0.1) is 6.54 Å². The number of rotatable bonds is 8. The van der Waals surface area contributed by atoms with Gasteiger partial charge in [0.2, 0.25) is 0 Å². The van der Waals surface area contributed by atoms with Crippen LogP contribution in [0.2, 0.25) is 10.0 Å². The lowest BCUT2D eigenvalue weighted by Gasteiger charge is -2.17. The van der Waals surface area contributed by atoms with Crippen LogP contribution < -0.4 is 5.32 Å². The van der Waals surface area contributed by atoms with Crippen molar-refractivity contribution < 1.29 is 4.42 Å². The summed E-state index contributed by atoms with van der Waals surface area (Å²) in [6.45, 7) is 9.23. The first-order valence-electron chi connectivity index (χ1n) is 7.60. The van der Waals surface area contributed by atoms with Crippen molar-refractivity contribution in [2.24, 2.45) is 0 Å². The summed E-state index contributed by atoms with van der Waals surface area (Å²) in [6.07, 6.45) is 0. The number of hydrogen-bond donors (Lipinski definition) is 1. The minimum Gasteiger partial charge on any atom is -0.460 e. The van der Waals surface area contributed by atoms with E-state index in [9.17, 15) is 0 Å². The lowest BCUT2D eigenvalue weighted by atomic mass is 10.2. The molecule has 136 valence electrons. The molecule has 24 heavy (non-hydrogen) atoms. The van der Waals surface area contributed by atoms with Crippen LogP contribution in [0.3, 0.4) is 0 Å². The Kier molecular flexibility index (Phi) is 11.8. The first-order valence-corrected chi connectivity index (χ1v) is 8.36. The van der Waals surface area contributed by atoms with Crippen molar-refractivity contribution in [3.05, 3.63) is 46.1 Å². The standard InChI is InChI=1S/C17H22Cl2N2O.2ClH/c1-3-21(4-2)8-7-20-12-16-5-6-17(22-16)13-9-14(18)11-15(19)10-13;;/h5-6,9-11,20H,3-4,7-8,12H2,1-2H3;2*1H. The number of benzene rings is 1. The Bertz CT molecular complexity index is 580. The Balaban J connectivity index is 0.00000264. The molecular weight excluding hydrogens is 390 g/mol. The number of likely N-dealkylation sites (N-methyl/N-ethyl adjacent to an activating group) is 1. The monoisotopic (exact) mass is 412 g/mol. The van der Waals surface area contributed by atoms with Gasteiger partial charge in [0, 0.05) is 28.7 Å². The third kappa shape index (κ3) is 7.22. The van der Waals surface area contributed by atoms with Gasteiger partial charge < -0.3 is 14.6 Å². The lowest BCUT2D eigenvalue weighted by molar-refractivity contribution is 0.300. The molecule has 0 fully saturated rings. The van der Waals surface area contributed by atoms with Crippen molar-refractivity contribution in [1.29, 1.82) is 0 Å². The molecule has 0 amide bonds. The number of nitrogens with zero attached hydrogens (tertiary/aromatic N) is 1. The fraction of sp³-hybridized carbons (Fsp3) is 0.412. The Hall–Kier alpha value is -0.420. The minimum atomic E-state index is 0. The van der Waals surface area contributed by atoms with Crippen LogP contribution in [-0.4, -0.2) is 31.1 Å². The lowest BCUT2D eigenvalue weighted by Crippen LogP contribution is -2.31. The van der Waals surface area contributed by atoms with Crippen LogP contribution in [0.1, 0.15) is 19.6 Å². The minimum absolute atomic E-state index is 0. The maximum absolute atomic E-state index is 6.02. The van der Waals surface area contributed by atoms with Gasteiger partial charge in [-0.05, 0) is 43.4 Å². The van der Waals surface area contributed by atoms with Gasteiger partial charge in [-0.15, -0.1) is 24.8 Å². The highest BCUT2D eigenvalue weighted by molar-refractivity contribution is 6.35. The van der Waals surface area contributed by atoms with Crippen LogP contribution in [0.15, 0.2) is 34.7 Å². The van der Waals surface area contributed by atoms with Crippen molar-refractivity contribution in [2.75, 3.05) is 26.2 Å². The van der Waals surface area contributed by atoms with Gasteiger partial charge in [-0.3, -0.25) is 0 Å². The van der Waals surface area contributed by atoms with Gasteiger partial charge in [0.15, 0.2) is 0 Å². The highest BCUT2D eigenvalue weighted by atomic mass is 35.5. The average molecular weight is 414 g/mol.